The predicted molar refractivity (Wildman–Crippen MR) is 104 cm³/mol. The Hall–Kier alpha value is -1.34. The van der Waals surface area contributed by atoms with Gasteiger partial charge in [-0.1, -0.05) is 18.2 Å². The summed E-state index contributed by atoms with van der Waals surface area (Å²) in [7, 11) is 2.11. The van der Waals surface area contributed by atoms with Gasteiger partial charge in [0.25, 0.3) is 0 Å². The third kappa shape index (κ3) is 5.31. The number of hydrogen-bond acceptors (Lipinski definition) is 5. The Kier molecular flexibility index (Phi) is 7.96. The van der Waals surface area contributed by atoms with E-state index in [0.29, 0.717) is 12.0 Å². The average molecular weight is 368 g/mol. The fourth-order valence-corrected chi connectivity index (χ4v) is 3.58. The molecule has 3 rings (SSSR count). The number of benzene rings is 1. The molecule has 0 radical (unpaired) electrons. The van der Waals surface area contributed by atoms with Gasteiger partial charge in [0, 0.05) is 44.3 Å². The molecule has 0 spiro atoms. The number of anilines is 1. The van der Waals surface area contributed by atoms with Crippen LogP contribution in [0, 0.1) is 5.92 Å². The zero-order valence-corrected chi connectivity index (χ0v) is 15.6. The van der Waals surface area contributed by atoms with Gasteiger partial charge in [-0.3, -0.25) is 10.2 Å². The van der Waals surface area contributed by atoms with Crippen LogP contribution in [0.1, 0.15) is 19.3 Å². The lowest BCUT2D eigenvalue weighted by Gasteiger charge is -2.27. The van der Waals surface area contributed by atoms with E-state index < -0.39 is 0 Å². The highest BCUT2D eigenvalue weighted by Gasteiger charge is 2.40. The first kappa shape index (κ1) is 20.0. The summed E-state index contributed by atoms with van der Waals surface area (Å²) < 4.78 is 0. The zero-order chi connectivity index (χ0) is 16.8. The summed E-state index contributed by atoms with van der Waals surface area (Å²) in [5, 5.41) is 6.46. The van der Waals surface area contributed by atoms with Crippen molar-refractivity contribution >= 4 is 24.0 Å². The minimum Gasteiger partial charge on any atom is -0.375 e. The number of halogens is 1. The lowest BCUT2D eigenvalue weighted by Crippen LogP contribution is -2.49. The quantitative estimate of drug-likeness (QED) is 0.539. The Balaban J connectivity index is 0.00000225. The van der Waals surface area contributed by atoms with Crippen LogP contribution in [0.3, 0.4) is 0 Å². The number of rotatable bonds is 7. The number of unbranched alkanes of at least 4 members (excludes halogenated alkanes) is 1. The molecule has 1 amide bonds. The number of para-hydroxylation sites is 1. The van der Waals surface area contributed by atoms with Crippen LogP contribution in [0.2, 0.25) is 0 Å². The summed E-state index contributed by atoms with van der Waals surface area (Å²) >= 11 is 0. The van der Waals surface area contributed by atoms with E-state index in [1.54, 1.807) is 0 Å². The third-order valence-corrected chi connectivity index (χ3v) is 5.08. The van der Waals surface area contributed by atoms with Crippen molar-refractivity contribution in [2.24, 2.45) is 5.92 Å². The van der Waals surface area contributed by atoms with Gasteiger partial charge in [0.15, 0.2) is 0 Å². The summed E-state index contributed by atoms with van der Waals surface area (Å²) in [5.74, 6) is 0.470. The summed E-state index contributed by atoms with van der Waals surface area (Å²) in [5.41, 5.74) is 7.67. The maximum absolute atomic E-state index is 12.4. The van der Waals surface area contributed by atoms with Crippen molar-refractivity contribution < 1.29 is 4.79 Å². The molecule has 1 aromatic rings. The number of hydrazine groups is 1. The second kappa shape index (κ2) is 9.97. The molecule has 0 saturated carbocycles. The minimum atomic E-state index is -0.116. The van der Waals surface area contributed by atoms with Gasteiger partial charge in [-0.15, -0.1) is 12.4 Å². The molecule has 2 fully saturated rings. The third-order valence-electron chi connectivity index (χ3n) is 5.08. The van der Waals surface area contributed by atoms with Gasteiger partial charge in [0.1, 0.15) is 6.04 Å². The number of carbonyl (C=O) groups is 1. The Morgan fingerprint density at radius 3 is 2.84 bits per heavy atom. The van der Waals surface area contributed by atoms with E-state index in [2.05, 4.69) is 57.7 Å². The van der Waals surface area contributed by atoms with Gasteiger partial charge in [-0.25, -0.2) is 5.43 Å². The van der Waals surface area contributed by atoms with E-state index in [4.69, 9.17) is 0 Å². The molecule has 2 heterocycles. The topological polar surface area (TPSA) is 68.4 Å². The van der Waals surface area contributed by atoms with E-state index in [1.165, 1.54) is 5.69 Å². The molecule has 6 nitrogen and oxygen atoms in total. The van der Waals surface area contributed by atoms with Crippen LogP contribution in [0.15, 0.2) is 30.3 Å². The van der Waals surface area contributed by atoms with Gasteiger partial charge in [0.05, 0.1) is 0 Å². The Morgan fingerprint density at radius 2 is 2.04 bits per heavy atom. The van der Waals surface area contributed by atoms with E-state index in [9.17, 15) is 4.79 Å². The fourth-order valence-electron chi connectivity index (χ4n) is 3.58. The van der Waals surface area contributed by atoms with E-state index in [0.717, 1.165) is 45.4 Å². The zero-order valence-electron chi connectivity index (χ0n) is 14.8. The normalized spacial score (nSPS) is 24.9. The van der Waals surface area contributed by atoms with Gasteiger partial charge in [0.2, 0.25) is 5.91 Å². The number of nitrogens with zero attached hydrogens (tertiary/aromatic N) is 1. The van der Waals surface area contributed by atoms with Crippen LogP contribution in [-0.4, -0.2) is 51.2 Å². The molecule has 0 aromatic heterocycles. The lowest BCUT2D eigenvalue weighted by atomic mass is 9.89. The predicted octanol–water partition coefficient (Wildman–Crippen LogP) is 0.896. The molecule has 140 valence electrons. The molecular weight excluding hydrogens is 338 g/mol. The maximum Gasteiger partial charge on any atom is 0.238 e. The SMILES string of the molecule is CN(CCCCNC(=O)C1NNC2CCNCC21)c1ccccc1.Cl. The Bertz CT molecular complexity index is 529. The molecular formula is C18H30ClN5O. The van der Waals surface area contributed by atoms with Crippen molar-refractivity contribution in [3.63, 3.8) is 0 Å². The molecule has 0 bridgehead atoms. The average Bonchev–Trinajstić information content (AvgIpc) is 3.06. The van der Waals surface area contributed by atoms with E-state index >= 15 is 0 Å². The smallest absolute Gasteiger partial charge is 0.238 e. The van der Waals surface area contributed by atoms with Crippen LogP contribution < -0.4 is 26.4 Å². The van der Waals surface area contributed by atoms with Crippen molar-refractivity contribution in [2.75, 3.05) is 38.1 Å². The van der Waals surface area contributed by atoms with Crippen molar-refractivity contribution in [2.45, 2.75) is 31.3 Å². The molecule has 2 aliphatic rings. The van der Waals surface area contributed by atoms with Crippen LogP contribution in [0.5, 0.6) is 0 Å². The van der Waals surface area contributed by atoms with E-state index in [-0.39, 0.29) is 24.4 Å². The summed E-state index contributed by atoms with van der Waals surface area (Å²) in [6.07, 6.45) is 3.14. The molecule has 1 aromatic carbocycles. The molecule has 7 heteroatoms. The van der Waals surface area contributed by atoms with Gasteiger partial charge >= 0.3 is 0 Å². The highest BCUT2D eigenvalue weighted by Crippen LogP contribution is 2.20. The van der Waals surface area contributed by atoms with Crippen LogP contribution in [-0.2, 0) is 4.79 Å². The second-order valence-corrected chi connectivity index (χ2v) is 6.78. The molecule has 2 saturated heterocycles. The Labute approximate surface area is 156 Å². The van der Waals surface area contributed by atoms with Crippen LogP contribution in [0.25, 0.3) is 0 Å². The minimum absolute atomic E-state index is 0. The van der Waals surface area contributed by atoms with Gasteiger partial charge in [-0.2, -0.15) is 0 Å². The first-order valence-corrected chi connectivity index (χ1v) is 9.01. The van der Waals surface area contributed by atoms with Gasteiger partial charge in [-0.05, 0) is 37.9 Å². The highest BCUT2D eigenvalue weighted by molar-refractivity contribution is 5.85. The largest absolute Gasteiger partial charge is 0.375 e. The molecule has 2 aliphatic heterocycles. The summed E-state index contributed by atoms with van der Waals surface area (Å²) in [6, 6.07) is 10.7. The monoisotopic (exact) mass is 367 g/mol. The second-order valence-electron chi connectivity index (χ2n) is 6.78. The van der Waals surface area contributed by atoms with Crippen molar-refractivity contribution in [1.29, 1.82) is 0 Å². The number of nitrogens with one attached hydrogen (secondary N) is 4. The standard InChI is InChI=1S/C18H29N5O.ClH/c1-23(14-7-3-2-4-8-14)12-6-5-10-20-18(24)17-15-13-19-11-9-16(15)21-22-17;/h2-4,7-8,15-17,19,21-22H,5-6,9-13H2,1H3,(H,20,24);1H. The molecule has 4 N–H and O–H groups in total. The first-order chi connectivity index (χ1) is 11.8. The molecule has 3 atom stereocenters. The summed E-state index contributed by atoms with van der Waals surface area (Å²) in [4.78, 5) is 14.6. The summed E-state index contributed by atoms with van der Waals surface area (Å²) in [6.45, 7) is 3.67. The molecule has 0 aliphatic carbocycles. The fraction of sp³-hybridized carbons (Fsp3) is 0.611. The van der Waals surface area contributed by atoms with Crippen molar-refractivity contribution in [3.05, 3.63) is 30.3 Å². The lowest BCUT2D eigenvalue weighted by molar-refractivity contribution is -0.123. The number of amides is 1. The van der Waals surface area contributed by atoms with Gasteiger partial charge < -0.3 is 15.5 Å². The maximum atomic E-state index is 12.4. The molecule has 3 unspecified atom stereocenters. The Morgan fingerprint density at radius 1 is 1.24 bits per heavy atom. The first-order valence-electron chi connectivity index (χ1n) is 9.01. The number of hydrogen-bond donors (Lipinski definition) is 4. The van der Waals surface area contributed by atoms with Crippen molar-refractivity contribution in [1.82, 2.24) is 21.5 Å². The van der Waals surface area contributed by atoms with Crippen LogP contribution in [0.4, 0.5) is 5.69 Å². The number of carbonyl (C=O) groups excluding carboxylic acids is 1. The van der Waals surface area contributed by atoms with E-state index in [1.807, 2.05) is 6.07 Å². The highest BCUT2D eigenvalue weighted by atomic mass is 35.5. The van der Waals surface area contributed by atoms with Crippen LogP contribution >= 0.6 is 12.4 Å². The molecule has 25 heavy (non-hydrogen) atoms. The van der Waals surface area contributed by atoms with Crippen molar-refractivity contribution in [3.8, 4) is 0 Å². The number of fused-ring (bicyclic) bond motifs is 1. The number of piperidine rings is 1.